The fourth-order valence-corrected chi connectivity index (χ4v) is 2.09. The molecule has 2 aromatic carbocycles. The van der Waals surface area contributed by atoms with E-state index in [1.54, 1.807) is 18.2 Å². The number of rotatable bonds is 4. The fraction of sp³-hybridized carbons (Fsp3) is 0.0556. The molecule has 0 fully saturated rings. The first-order valence-electron chi connectivity index (χ1n) is 6.40. The predicted octanol–water partition coefficient (Wildman–Crippen LogP) is 4.13. The minimum absolute atomic E-state index is 0.149. The highest BCUT2D eigenvalue weighted by molar-refractivity contribution is 6.08. The van der Waals surface area contributed by atoms with Crippen molar-refractivity contribution in [1.82, 2.24) is 5.32 Å². The molecule has 2 heteroatoms. The Morgan fingerprint density at radius 1 is 1.25 bits per heavy atom. The fourth-order valence-electron chi connectivity index (χ4n) is 2.09. The quantitative estimate of drug-likeness (QED) is 0.825. The molecule has 0 bridgehead atoms. The number of amides is 1. The number of hydrogen-bond acceptors (Lipinski definition) is 1. The molecule has 1 N–H and O–H groups in total. The van der Waals surface area contributed by atoms with Crippen molar-refractivity contribution >= 4 is 16.7 Å². The lowest BCUT2D eigenvalue weighted by atomic mass is 10.0. The van der Waals surface area contributed by atoms with E-state index in [0.717, 1.165) is 16.3 Å². The van der Waals surface area contributed by atoms with Crippen molar-refractivity contribution in [3.05, 3.63) is 84.6 Å². The molecule has 2 aromatic rings. The summed E-state index contributed by atoms with van der Waals surface area (Å²) in [6, 6.07) is 11.8. The zero-order valence-corrected chi connectivity index (χ0v) is 11.5. The molecule has 100 valence electrons. The van der Waals surface area contributed by atoms with Crippen LogP contribution in [0, 0.1) is 6.92 Å². The van der Waals surface area contributed by atoms with E-state index in [-0.39, 0.29) is 5.91 Å². The monoisotopic (exact) mass is 263 g/mol. The van der Waals surface area contributed by atoms with Gasteiger partial charge in [-0.05, 0) is 35.4 Å². The first-order valence-corrected chi connectivity index (χ1v) is 6.40. The lowest BCUT2D eigenvalue weighted by Gasteiger charge is -2.09. The Morgan fingerprint density at radius 2 is 2.00 bits per heavy atom. The molecule has 2 rings (SSSR count). The van der Waals surface area contributed by atoms with E-state index in [1.165, 1.54) is 0 Å². The molecule has 2 nitrogen and oxygen atoms in total. The molecule has 0 saturated heterocycles. The molecular weight excluding hydrogens is 246 g/mol. The minimum Gasteiger partial charge on any atom is -0.323 e. The van der Waals surface area contributed by atoms with Gasteiger partial charge < -0.3 is 5.32 Å². The molecule has 0 spiro atoms. The van der Waals surface area contributed by atoms with Crippen molar-refractivity contribution in [2.24, 2.45) is 0 Å². The SMILES string of the molecule is C=CC=CC(=C)NC(=O)c1cc(C)cc2ccccc12. The van der Waals surface area contributed by atoms with E-state index in [1.807, 2.05) is 37.3 Å². The molecule has 0 heterocycles. The van der Waals surface area contributed by atoms with E-state index in [2.05, 4.69) is 24.5 Å². The second-order valence-electron chi connectivity index (χ2n) is 4.61. The van der Waals surface area contributed by atoms with Crippen molar-refractivity contribution < 1.29 is 4.79 Å². The lowest BCUT2D eigenvalue weighted by molar-refractivity contribution is 0.0969. The first-order chi connectivity index (χ1) is 9.61. The van der Waals surface area contributed by atoms with Crippen LogP contribution in [0.15, 0.2) is 73.5 Å². The number of aryl methyl sites for hydroxylation is 1. The second-order valence-corrected chi connectivity index (χ2v) is 4.61. The minimum atomic E-state index is -0.149. The zero-order chi connectivity index (χ0) is 14.5. The number of benzene rings is 2. The highest BCUT2D eigenvalue weighted by Gasteiger charge is 2.10. The third-order valence-corrected chi connectivity index (χ3v) is 2.96. The number of fused-ring (bicyclic) bond motifs is 1. The van der Waals surface area contributed by atoms with Gasteiger partial charge in [0.1, 0.15) is 0 Å². The summed E-state index contributed by atoms with van der Waals surface area (Å²) in [6.07, 6.45) is 5.08. The molecule has 0 saturated carbocycles. The van der Waals surface area contributed by atoms with E-state index in [9.17, 15) is 4.79 Å². The van der Waals surface area contributed by atoms with Crippen LogP contribution in [-0.4, -0.2) is 5.91 Å². The zero-order valence-electron chi connectivity index (χ0n) is 11.5. The van der Waals surface area contributed by atoms with Crippen molar-refractivity contribution in [2.75, 3.05) is 0 Å². The molecule has 0 aliphatic carbocycles. The van der Waals surface area contributed by atoms with Crippen LogP contribution in [0.25, 0.3) is 10.8 Å². The number of hydrogen-bond donors (Lipinski definition) is 1. The Bertz CT molecular complexity index is 710. The Balaban J connectivity index is 2.37. The average Bonchev–Trinajstić information content (AvgIpc) is 2.44. The van der Waals surface area contributed by atoms with Gasteiger partial charge >= 0.3 is 0 Å². The summed E-state index contributed by atoms with van der Waals surface area (Å²) >= 11 is 0. The Hall–Kier alpha value is -2.61. The van der Waals surface area contributed by atoms with Gasteiger partial charge in [0.2, 0.25) is 0 Å². The van der Waals surface area contributed by atoms with Gasteiger partial charge in [-0.1, -0.05) is 55.6 Å². The second kappa shape index (κ2) is 6.02. The van der Waals surface area contributed by atoms with Crippen molar-refractivity contribution in [3.63, 3.8) is 0 Å². The molecule has 0 aliphatic heterocycles. The van der Waals surface area contributed by atoms with Gasteiger partial charge in [-0.25, -0.2) is 0 Å². The van der Waals surface area contributed by atoms with Crippen LogP contribution in [0.4, 0.5) is 0 Å². The van der Waals surface area contributed by atoms with E-state index < -0.39 is 0 Å². The highest BCUT2D eigenvalue weighted by Crippen LogP contribution is 2.21. The topological polar surface area (TPSA) is 29.1 Å². The molecule has 0 atom stereocenters. The van der Waals surface area contributed by atoms with Crippen LogP contribution in [0.3, 0.4) is 0 Å². The Morgan fingerprint density at radius 3 is 2.75 bits per heavy atom. The summed E-state index contributed by atoms with van der Waals surface area (Å²) in [6.45, 7) is 9.36. The maximum atomic E-state index is 12.4. The van der Waals surface area contributed by atoms with Gasteiger partial charge in [-0.15, -0.1) is 0 Å². The molecule has 0 radical (unpaired) electrons. The van der Waals surface area contributed by atoms with Gasteiger partial charge in [0.05, 0.1) is 0 Å². The molecule has 1 amide bonds. The average molecular weight is 263 g/mol. The number of nitrogens with one attached hydrogen (secondary N) is 1. The molecule has 0 aliphatic rings. The summed E-state index contributed by atoms with van der Waals surface area (Å²) in [7, 11) is 0. The molecular formula is C18H17NO. The van der Waals surface area contributed by atoms with Gasteiger partial charge in [-0.3, -0.25) is 4.79 Å². The smallest absolute Gasteiger partial charge is 0.256 e. The van der Waals surface area contributed by atoms with Crippen molar-refractivity contribution in [3.8, 4) is 0 Å². The maximum Gasteiger partial charge on any atom is 0.256 e. The summed E-state index contributed by atoms with van der Waals surface area (Å²) in [5.74, 6) is -0.149. The standard InChI is InChI=1S/C18H17NO/c1-4-5-8-14(3)19-18(20)17-12-13(2)11-15-9-6-7-10-16(15)17/h4-12H,1,3H2,2H3,(H,19,20). The first kappa shape index (κ1) is 13.8. The number of allylic oxidation sites excluding steroid dienone is 3. The highest BCUT2D eigenvalue weighted by atomic mass is 16.1. The maximum absolute atomic E-state index is 12.4. The van der Waals surface area contributed by atoms with Crippen molar-refractivity contribution in [2.45, 2.75) is 6.92 Å². The van der Waals surface area contributed by atoms with Crippen LogP contribution in [0.2, 0.25) is 0 Å². The van der Waals surface area contributed by atoms with Gasteiger partial charge in [0.25, 0.3) is 5.91 Å². The van der Waals surface area contributed by atoms with Crippen LogP contribution in [0.1, 0.15) is 15.9 Å². The van der Waals surface area contributed by atoms with E-state index >= 15 is 0 Å². The summed E-state index contributed by atoms with van der Waals surface area (Å²) in [4.78, 5) is 12.4. The van der Waals surface area contributed by atoms with Gasteiger partial charge in [0, 0.05) is 11.3 Å². The third kappa shape index (κ3) is 3.04. The number of carbonyl (C=O) groups is 1. The normalized spacial score (nSPS) is 10.7. The van der Waals surface area contributed by atoms with Crippen molar-refractivity contribution in [1.29, 1.82) is 0 Å². The van der Waals surface area contributed by atoms with E-state index in [4.69, 9.17) is 0 Å². The predicted molar refractivity (Wildman–Crippen MR) is 84.6 cm³/mol. The molecule has 0 aromatic heterocycles. The summed E-state index contributed by atoms with van der Waals surface area (Å²) < 4.78 is 0. The Labute approximate surface area is 119 Å². The summed E-state index contributed by atoms with van der Waals surface area (Å²) in [5.41, 5.74) is 2.26. The van der Waals surface area contributed by atoms with E-state index in [0.29, 0.717) is 11.3 Å². The van der Waals surface area contributed by atoms with Crippen LogP contribution in [0.5, 0.6) is 0 Å². The number of carbonyl (C=O) groups excluding carboxylic acids is 1. The van der Waals surface area contributed by atoms with Crippen LogP contribution >= 0.6 is 0 Å². The van der Waals surface area contributed by atoms with Crippen LogP contribution < -0.4 is 5.32 Å². The van der Waals surface area contributed by atoms with Gasteiger partial charge in [0.15, 0.2) is 0 Å². The largest absolute Gasteiger partial charge is 0.323 e. The third-order valence-electron chi connectivity index (χ3n) is 2.96. The van der Waals surface area contributed by atoms with Crippen LogP contribution in [-0.2, 0) is 0 Å². The summed E-state index contributed by atoms with van der Waals surface area (Å²) in [5, 5.41) is 4.78. The van der Waals surface area contributed by atoms with Gasteiger partial charge in [-0.2, -0.15) is 0 Å². The Kier molecular flexibility index (Phi) is 4.16. The molecule has 0 unspecified atom stereocenters. The molecule has 20 heavy (non-hydrogen) atoms. The lowest BCUT2D eigenvalue weighted by Crippen LogP contribution is -2.21.